The summed E-state index contributed by atoms with van der Waals surface area (Å²) < 4.78 is 10.4. The predicted octanol–water partition coefficient (Wildman–Crippen LogP) is 3.12. The van der Waals surface area contributed by atoms with E-state index in [2.05, 4.69) is 15.5 Å². The molecule has 1 aliphatic carbocycles. The molecule has 7 heteroatoms. The largest absolute Gasteiger partial charge is 0.444 e. The highest BCUT2D eigenvalue weighted by molar-refractivity contribution is 5.69. The second kappa shape index (κ2) is 7.72. The lowest BCUT2D eigenvalue weighted by Gasteiger charge is -2.40. The van der Waals surface area contributed by atoms with Crippen LogP contribution in [0.3, 0.4) is 0 Å². The van der Waals surface area contributed by atoms with Gasteiger partial charge >= 0.3 is 6.09 Å². The summed E-state index contributed by atoms with van der Waals surface area (Å²) in [4.78, 5) is 18.7. The van der Waals surface area contributed by atoms with Gasteiger partial charge in [-0.1, -0.05) is 18.0 Å². The summed E-state index contributed by atoms with van der Waals surface area (Å²) in [5, 5.41) is 7.47. The van der Waals surface area contributed by atoms with Crippen molar-refractivity contribution < 1.29 is 14.1 Å². The molecule has 2 fully saturated rings. The lowest BCUT2D eigenvalue weighted by atomic mass is 9.79. The predicted molar refractivity (Wildman–Crippen MR) is 92.8 cm³/mol. The molecule has 3 atom stereocenters. The van der Waals surface area contributed by atoms with Gasteiger partial charge in [0.15, 0.2) is 5.82 Å². The molecule has 1 aromatic heterocycles. The molecule has 3 rings (SSSR count). The molecule has 0 bridgehead atoms. The van der Waals surface area contributed by atoms with Gasteiger partial charge in [-0.2, -0.15) is 4.98 Å². The first-order valence-electron chi connectivity index (χ1n) is 9.42. The van der Waals surface area contributed by atoms with Gasteiger partial charge in [-0.3, -0.25) is 0 Å². The lowest BCUT2D eigenvalue weighted by Crippen LogP contribution is -2.50. The van der Waals surface area contributed by atoms with Crippen LogP contribution in [-0.4, -0.2) is 45.4 Å². The molecule has 0 spiro atoms. The minimum Gasteiger partial charge on any atom is -0.444 e. The molecule has 140 valence electrons. The van der Waals surface area contributed by atoms with Gasteiger partial charge in [0.05, 0.1) is 6.54 Å². The second-order valence-electron chi connectivity index (χ2n) is 8.17. The third-order valence-electron chi connectivity index (χ3n) is 5.17. The van der Waals surface area contributed by atoms with Gasteiger partial charge < -0.3 is 19.5 Å². The van der Waals surface area contributed by atoms with Crippen molar-refractivity contribution in [2.24, 2.45) is 5.92 Å². The zero-order valence-electron chi connectivity index (χ0n) is 15.5. The average molecular weight is 350 g/mol. The summed E-state index contributed by atoms with van der Waals surface area (Å²) in [6, 6.07) is 0.637. The van der Waals surface area contributed by atoms with Gasteiger partial charge in [0.1, 0.15) is 5.60 Å². The van der Waals surface area contributed by atoms with Gasteiger partial charge in [-0.05, 0) is 52.4 Å². The Balaban J connectivity index is 1.64. The zero-order chi connectivity index (χ0) is 17.9. The SMILES string of the molecule is CC(C)(C)OC(=O)N1CCCC1C1CCCCC1NCc1ncon1. The summed E-state index contributed by atoms with van der Waals surface area (Å²) in [5.41, 5.74) is -0.451. The van der Waals surface area contributed by atoms with Crippen LogP contribution in [0.5, 0.6) is 0 Å². The Bertz CT molecular complexity index is 555. The van der Waals surface area contributed by atoms with E-state index in [1.165, 1.54) is 19.2 Å². The Kier molecular flexibility index (Phi) is 5.61. The summed E-state index contributed by atoms with van der Waals surface area (Å²) in [6.07, 6.45) is 8.02. The molecule has 1 aliphatic heterocycles. The number of carbonyl (C=O) groups is 1. The smallest absolute Gasteiger partial charge is 0.410 e. The van der Waals surface area contributed by atoms with E-state index in [0.717, 1.165) is 32.2 Å². The van der Waals surface area contributed by atoms with Gasteiger partial charge in [0.25, 0.3) is 0 Å². The standard InChI is InChI=1S/C18H30N4O3/c1-18(2,3)25-17(23)22-10-6-9-15(22)13-7-4-5-8-14(13)19-11-16-20-12-24-21-16/h12-15,19H,4-11H2,1-3H3. The van der Waals surface area contributed by atoms with E-state index in [-0.39, 0.29) is 12.1 Å². The maximum atomic E-state index is 12.6. The molecule has 1 aromatic rings. The number of hydrogen-bond donors (Lipinski definition) is 1. The molecule has 25 heavy (non-hydrogen) atoms. The van der Waals surface area contributed by atoms with Gasteiger partial charge in [0.2, 0.25) is 6.39 Å². The van der Waals surface area contributed by atoms with Crippen LogP contribution in [0.15, 0.2) is 10.9 Å². The molecule has 1 saturated carbocycles. The summed E-state index contributed by atoms with van der Waals surface area (Å²) in [7, 11) is 0. The number of amides is 1. The first-order valence-corrected chi connectivity index (χ1v) is 9.42. The fourth-order valence-electron chi connectivity index (χ4n) is 4.15. The summed E-state index contributed by atoms with van der Waals surface area (Å²) >= 11 is 0. The van der Waals surface area contributed by atoms with Crippen LogP contribution < -0.4 is 5.32 Å². The Morgan fingerprint density at radius 1 is 1.32 bits per heavy atom. The van der Waals surface area contributed by atoms with Gasteiger partial charge in [0, 0.05) is 18.6 Å². The highest BCUT2D eigenvalue weighted by Gasteiger charge is 2.40. The highest BCUT2D eigenvalue weighted by Crippen LogP contribution is 2.35. The van der Waals surface area contributed by atoms with Crippen molar-refractivity contribution in [2.75, 3.05) is 6.54 Å². The topological polar surface area (TPSA) is 80.5 Å². The van der Waals surface area contributed by atoms with E-state index in [1.54, 1.807) is 0 Å². The number of rotatable bonds is 4. The number of carbonyl (C=O) groups excluding carboxylic acids is 1. The highest BCUT2D eigenvalue weighted by atomic mass is 16.6. The molecule has 1 saturated heterocycles. The Morgan fingerprint density at radius 3 is 2.84 bits per heavy atom. The second-order valence-corrected chi connectivity index (χ2v) is 8.17. The maximum Gasteiger partial charge on any atom is 0.410 e. The molecule has 0 aromatic carbocycles. The third kappa shape index (κ3) is 4.71. The summed E-state index contributed by atoms with van der Waals surface area (Å²) in [6.45, 7) is 7.17. The van der Waals surface area contributed by atoms with E-state index < -0.39 is 5.60 Å². The number of aromatic nitrogens is 2. The Labute approximate surface area is 149 Å². The number of likely N-dealkylation sites (tertiary alicyclic amines) is 1. The Hall–Kier alpha value is -1.63. The molecule has 1 amide bonds. The van der Waals surface area contributed by atoms with Crippen molar-refractivity contribution in [1.82, 2.24) is 20.4 Å². The van der Waals surface area contributed by atoms with E-state index in [4.69, 9.17) is 9.26 Å². The molecule has 3 unspecified atom stereocenters. The lowest BCUT2D eigenvalue weighted by molar-refractivity contribution is 0.0132. The van der Waals surface area contributed by atoms with Crippen LogP contribution >= 0.6 is 0 Å². The fraction of sp³-hybridized carbons (Fsp3) is 0.833. The van der Waals surface area contributed by atoms with Crippen LogP contribution in [-0.2, 0) is 11.3 Å². The molecule has 2 aliphatic rings. The third-order valence-corrected chi connectivity index (χ3v) is 5.17. The Morgan fingerprint density at radius 2 is 2.12 bits per heavy atom. The van der Waals surface area contributed by atoms with Crippen molar-refractivity contribution in [3.63, 3.8) is 0 Å². The molecular weight excluding hydrogens is 320 g/mol. The average Bonchev–Trinajstić information content (AvgIpc) is 3.23. The van der Waals surface area contributed by atoms with Gasteiger partial charge in [-0.25, -0.2) is 4.79 Å². The normalized spacial score (nSPS) is 27.5. The number of ether oxygens (including phenoxy) is 1. The van der Waals surface area contributed by atoms with E-state index >= 15 is 0 Å². The van der Waals surface area contributed by atoms with Crippen molar-refractivity contribution in [3.8, 4) is 0 Å². The van der Waals surface area contributed by atoms with Crippen LogP contribution in [0.1, 0.15) is 65.1 Å². The van der Waals surface area contributed by atoms with Crippen LogP contribution in [0.2, 0.25) is 0 Å². The van der Waals surface area contributed by atoms with Crippen molar-refractivity contribution in [1.29, 1.82) is 0 Å². The van der Waals surface area contributed by atoms with Crippen molar-refractivity contribution >= 4 is 6.09 Å². The molecule has 0 radical (unpaired) electrons. The molecule has 7 nitrogen and oxygen atoms in total. The summed E-state index contributed by atoms with van der Waals surface area (Å²) in [5.74, 6) is 1.13. The molecule has 2 heterocycles. The van der Waals surface area contributed by atoms with Crippen LogP contribution in [0, 0.1) is 5.92 Å². The monoisotopic (exact) mass is 350 g/mol. The number of hydrogen-bond acceptors (Lipinski definition) is 6. The van der Waals surface area contributed by atoms with Crippen molar-refractivity contribution in [3.05, 3.63) is 12.2 Å². The number of nitrogens with one attached hydrogen (secondary N) is 1. The van der Waals surface area contributed by atoms with Crippen molar-refractivity contribution in [2.45, 2.75) is 83.5 Å². The van der Waals surface area contributed by atoms with E-state index in [1.807, 2.05) is 25.7 Å². The van der Waals surface area contributed by atoms with Gasteiger partial charge in [-0.15, -0.1) is 0 Å². The first kappa shape index (κ1) is 18.2. The minimum atomic E-state index is -0.451. The van der Waals surface area contributed by atoms with E-state index in [9.17, 15) is 4.79 Å². The minimum absolute atomic E-state index is 0.169. The van der Waals surface area contributed by atoms with E-state index in [0.29, 0.717) is 24.3 Å². The quantitative estimate of drug-likeness (QED) is 0.898. The van der Waals surface area contributed by atoms with Crippen LogP contribution in [0.25, 0.3) is 0 Å². The fourth-order valence-corrected chi connectivity index (χ4v) is 4.15. The molecule has 1 N–H and O–H groups in total. The first-order chi connectivity index (χ1) is 11.9. The number of nitrogens with zero attached hydrogens (tertiary/aromatic N) is 3. The molecular formula is C18H30N4O3. The zero-order valence-corrected chi connectivity index (χ0v) is 15.5. The van der Waals surface area contributed by atoms with Crippen LogP contribution in [0.4, 0.5) is 4.79 Å². The maximum absolute atomic E-state index is 12.6.